The van der Waals surface area contributed by atoms with Crippen molar-refractivity contribution >= 4 is 27.5 Å². The molecule has 3 rings (SSSR count). The molecule has 98 valence electrons. The van der Waals surface area contributed by atoms with E-state index in [9.17, 15) is 5.26 Å². The molecule has 6 nitrogen and oxygen atoms in total. The van der Waals surface area contributed by atoms with Crippen LogP contribution in [0.15, 0.2) is 36.5 Å². The summed E-state index contributed by atoms with van der Waals surface area (Å²) < 4.78 is 1.05. The van der Waals surface area contributed by atoms with Crippen LogP contribution in [-0.4, -0.2) is 15.0 Å². The predicted octanol–water partition coefficient (Wildman–Crippen LogP) is 2.03. The van der Waals surface area contributed by atoms with Crippen molar-refractivity contribution in [1.82, 2.24) is 15.0 Å². The fourth-order valence-electron chi connectivity index (χ4n) is 1.86. The molecule has 0 fully saturated rings. The van der Waals surface area contributed by atoms with Crippen molar-refractivity contribution in [2.45, 2.75) is 5.92 Å². The van der Waals surface area contributed by atoms with Gasteiger partial charge in [-0.3, -0.25) is 5.43 Å². The van der Waals surface area contributed by atoms with Crippen LogP contribution < -0.4 is 11.3 Å². The molecule has 0 spiro atoms. The van der Waals surface area contributed by atoms with Crippen LogP contribution in [0.2, 0.25) is 0 Å². The second kappa shape index (κ2) is 5.21. The minimum atomic E-state index is -0.525. The number of nitrogens with one attached hydrogen (secondary N) is 1. The Kier molecular flexibility index (Phi) is 3.25. The number of fused-ring (bicyclic) bond motifs is 1. The molecule has 3 aromatic rings. The summed E-state index contributed by atoms with van der Waals surface area (Å²) in [7, 11) is 0. The molecule has 0 aliphatic carbocycles. The van der Waals surface area contributed by atoms with Gasteiger partial charge in [-0.05, 0) is 18.2 Å². The Labute approximate surface area is 118 Å². The smallest absolute Gasteiger partial charge is 0.237 e. The van der Waals surface area contributed by atoms with Gasteiger partial charge < -0.3 is 0 Å². The van der Waals surface area contributed by atoms with Gasteiger partial charge in [0.15, 0.2) is 0 Å². The molecule has 1 atom stereocenters. The topological polar surface area (TPSA) is 101 Å². The molecule has 3 N–H and O–H groups in total. The minimum absolute atomic E-state index is 0.281. The second-order valence-corrected chi connectivity index (χ2v) is 5.09. The number of thiazole rings is 1. The average molecular weight is 282 g/mol. The van der Waals surface area contributed by atoms with Crippen molar-refractivity contribution in [3.05, 3.63) is 47.2 Å². The maximum absolute atomic E-state index is 9.43. The molecule has 0 bridgehead atoms. The van der Waals surface area contributed by atoms with Crippen LogP contribution in [-0.2, 0) is 0 Å². The first-order valence-electron chi connectivity index (χ1n) is 5.86. The molecule has 2 heterocycles. The number of hydrazine groups is 1. The summed E-state index contributed by atoms with van der Waals surface area (Å²) in [6.45, 7) is 0. The first-order valence-corrected chi connectivity index (χ1v) is 6.68. The molecular formula is C13H10N6S. The third-order valence-corrected chi connectivity index (χ3v) is 3.89. The van der Waals surface area contributed by atoms with Crippen LogP contribution in [0.25, 0.3) is 10.2 Å². The number of hydrogen-bond acceptors (Lipinski definition) is 7. The lowest BCUT2D eigenvalue weighted by molar-refractivity contribution is 0.932. The van der Waals surface area contributed by atoms with Crippen LogP contribution in [0.1, 0.15) is 16.6 Å². The van der Waals surface area contributed by atoms with Gasteiger partial charge >= 0.3 is 0 Å². The van der Waals surface area contributed by atoms with Gasteiger partial charge in [-0.25, -0.2) is 20.8 Å². The number of nitrogen functional groups attached to an aromatic ring is 1. The monoisotopic (exact) mass is 282 g/mol. The molecule has 1 unspecified atom stereocenters. The zero-order chi connectivity index (χ0) is 13.9. The Morgan fingerprint density at radius 1 is 1.25 bits per heavy atom. The van der Waals surface area contributed by atoms with Gasteiger partial charge in [0.2, 0.25) is 5.95 Å². The molecule has 20 heavy (non-hydrogen) atoms. The van der Waals surface area contributed by atoms with Gasteiger partial charge in [0.05, 0.1) is 22.0 Å². The quantitative estimate of drug-likeness (QED) is 0.563. The normalized spacial score (nSPS) is 12.0. The van der Waals surface area contributed by atoms with Crippen molar-refractivity contribution in [2.24, 2.45) is 5.84 Å². The fourth-order valence-corrected chi connectivity index (χ4v) is 2.89. The molecule has 0 aliphatic heterocycles. The lowest BCUT2D eigenvalue weighted by Gasteiger charge is -2.06. The molecule has 0 amide bonds. The molecule has 0 saturated carbocycles. The summed E-state index contributed by atoms with van der Waals surface area (Å²) in [4.78, 5) is 12.6. The van der Waals surface area contributed by atoms with E-state index in [1.807, 2.05) is 24.3 Å². The van der Waals surface area contributed by atoms with Gasteiger partial charge in [0.1, 0.15) is 10.9 Å². The summed E-state index contributed by atoms with van der Waals surface area (Å²) in [6, 6.07) is 11.7. The number of para-hydroxylation sites is 1. The van der Waals surface area contributed by atoms with Gasteiger partial charge in [-0.1, -0.05) is 12.1 Å². The maximum atomic E-state index is 9.43. The van der Waals surface area contributed by atoms with Crippen molar-refractivity contribution in [2.75, 3.05) is 5.43 Å². The number of anilines is 1. The number of nitrogens with zero attached hydrogens (tertiary/aromatic N) is 4. The number of nitriles is 1. The standard InChI is InChI=1S/C13H10N6S/c14-7-8(9-5-6-16-13(18-9)19-15)12-17-10-3-1-2-4-11(10)20-12/h1-6,8H,15H2,(H,16,18,19). The molecular weight excluding hydrogens is 272 g/mol. The van der Waals surface area contributed by atoms with E-state index in [1.165, 1.54) is 11.3 Å². The van der Waals surface area contributed by atoms with E-state index in [1.54, 1.807) is 12.3 Å². The minimum Gasteiger partial charge on any atom is -0.292 e. The second-order valence-electron chi connectivity index (χ2n) is 4.03. The molecule has 0 aliphatic rings. The van der Waals surface area contributed by atoms with Crippen molar-refractivity contribution in [3.8, 4) is 6.07 Å². The highest BCUT2D eigenvalue weighted by Gasteiger charge is 2.20. The summed E-state index contributed by atoms with van der Waals surface area (Å²) in [5.74, 6) is 5.05. The van der Waals surface area contributed by atoms with Crippen molar-refractivity contribution in [1.29, 1.82) is 5.26 Å². The third-order valence-electron chi connectivity index (χ3n) is 2.79. The molecule has 2 aromatic heterocycles. The first-order chi connectivity index (χ1) is 9.81. The van der Waals surface area contributed by atoms with Crippen LogP contribution in [0.3, 0.4) is 0 Å². The lowest BCUT2D eigenvalue weighted by Crippen LogP contribution is -2.12. The van der Waals surface area contributed by atoms with Gasteiger partial charge in [-0.2, -0.15) is 5.26 Å². The van der Waals surface area contributed by atoms with Crippen LogP contribution >= 0.6 is 11.3 Å². The fraction of sp³-hybridized carbons (Fsp3) is 0.0769. The SMILES string of the molecule is N#CC(c1ccnc(NN)n1)c1nc2ccccc2s1. The Bertz CT molecular complexity index is 758. The highest BCUT2D eigenvalue weighted by atomic mass is 32.1. The van der Waals surface area contributed by atoms with Crippen LogP contribution in [0.5, 0.6) is 0 Å². The van der Waals surface area contributed by atoms with Gasteiger partial charge in [0.25, 0.3) is 0 Å². The first kappa shape index (κ1) is 12.5. The Balaban J connectivity index is 2.06. The van der Waals surface area contributed by atoms with E-state index in [-0.39, 0.29) is 5.95 Å². The molecule has 0 radical (unpaired) electrons. The highest BCUT2D eigenvalue weighted by Crippen LogP contribution is 2.30. The highest BCUT2D eigenvalue weighted by molar-refractivity contribution is 7.18. The lowest BCUT2D eigenvalue weighted by atomic mass is 10.1. The molecule has 0 saturated heterocycles. The Hall–Kier alpha value is -2.56. The predicted molar refractivity (Wildman–Crippen MR) is 76.9 cm³/mol. The van der Waals surface area contributed by atoms with Gasteiger partial charge in [0, 0.05) is 6.20 Å². The molecule has 1 aromatic carbocycles. The van der Waals surface area contributed by atoms with Crippen molar-refractivity contribution in [3.63, 3.8) is 0 Å². The average Bonchev–Trinajstić information content (AvgIpc) is 2.91. The van der Waals surface area contributed by atoms with Crippen molar-refractivity contribution < 1.29 is 0 Å². The van der Waals surface area contributed by atoms with Crippen LogP contribution in [0.4, 0.5) is 5.95 Å². The largest absolute Gasteiger partial charge is 0.292 e. The van der Waals surface area contributed by atoms with E-state index in [0.29, 0.717) is 5.69 Å². The summed E-state index contributed by atoms with van der Waals surface area (Å²) in [6.07, 6.45) is 1.56. The van der Waals surface area contributed by atoms with E-state index in [0.717, 1.165) is 15.2 Å². The summed E-state index contributed by atoms with van der Waals surface area (Å²) in [5, 5.41) is 10.1. The number of rotatable bonds is 3. The number of hydrogen-bond donors (Lipinski definition) is 2. The van der Waals surface area contributed by atoms with E-state index >= 15 is 0 Å². The third kappa shape index (κ3) is 2.18. The van der Waals surface area contributed by atoms with Crippen LogP contribution in [0, 0.1) is 11.3 Å². The number of benzene rings is 1. The zero-order valence-corrected chi connectivity index (χ0v) is 11.1. The summed E-state index contributed by atoms with van der Waals surface area (Å²) >= 11 is 1.49. The number of nitrogens with two attached hydrogens (primary N) is 1. The zero-order valence-electron chi connectivity index (χ0n) is 10.3. The van der Waals surface area contributed by atoms with Gasteiger partial charge in [-0.15, -0.1) is 11.3 Å². The Morgan fingerprint density at radius 2 is 2.10 bits per heavy atom. The summed E-state index contributed by atoms with van der Waals surface area (Å²) in [5.41, 5.74) is 3.84. The van der Waals surface area contributed by atoms with E-state index < -0.39 is 5.92 Å². The molecule has 7 heteroatoms. The number of aromatic nitrogens is 3. The van der Waals surface area contributed by atoms with E-state index in [4.69, 9.17) is 5.84 Å². The maximum Gasteiger partial charge on any atom is 0.237 e. The Morgan fingerprint density at radius 3 is 2.85 bits per heavy atom. The van der Waals surface area contributed by atoms with E-state index in [2.05, 4.69) is 26.4 Å².